The summed E-state index contributed by atoms with van der Waals surface area (Å²) in [7, 11) is 0. The first-order valence-corrected chi connectivity index (χ1v) is 8.58. The zero-order valence-electron chi connectivity index (χ0n) is 14.1. The number of hydrogen-bond acceptors (Lipinski definition) is 2. The molecule has 0 fully saturated rings. The fourth-order valence-corrected chi connectivity index (χ4v) is 4.00. The number of esters is 1. The van der Waals surface area contributed by atoms with Gasteiger partial charge in [0, 0.05) is 27.7 Å². The van der Waals surface area contributed by atoms with Crippen LogP contribution in [0.3, 0.4) is 0 Å². The Morgan fingerprint density at radius 3 is 2.67 bits per heavy atom. The summed E-state index contributed by atoms with van der Waals surface area (Å²) in [5.74, 6) is -0.216. The molecule has 0 amide bonds. The molecule has 1 aliphatic rings. The minimum absolute atomic E-state index is 0.216. The van der Waals surface area contributed by atoms with E-state index in [1.807, 2.05) is 36.4 Å². The predicted molar refractivity (Wildman–Crippen MR) is 95.2 cm³/mol. The van der Waals surface area contributed by atoms with Gasteiger partial charge in [0.1, 0.15) is 0 Å². The van der Waals surface area contributed by atoms with E-state index in [-0.39, 0.29) is 5.97 Å². The summed E-state index contributed by atoms with van der Waals surface area (Å²) in [6.07, 6.45) is 2.86. The van der Waals surface area contributed by atoms with Crippen molar-refractivity contribution in [3.05, 3.63) is 70.9 Å². The molecule has 0 bridgehead atoms. The Kier molecular flexibility index (Phi) is 3.45. The number of cyclic esters (lactones) is 1. The van der Waals surface area contributed by atoms with Crippen LogP contribution in [0.5, 0.6) is 0 Å². The number of fused-ring (bicyclic) bond motifs is 2. The molecule has 0 saturated heterocycles. The van der Waals surface area contributed by atoms with Crippen LogP contribution in [0.2, 0.25) is 0 Å². The number of hydrogen-bond donors (Lipinski definition) is 1. The van der Waals surface area contributed by atoms with Crippen LogP contribution in [0.15, 0.2) is 48.5 Å². The number of benzene rings is 2. The van der Waals surface area contributed by atoms with Crippen LogP contribution in [0.4, 0.5) is 0 Å². The van der Waals surface area contributed by atoms with E-state index in [0.717, 1.165) is 47.0 Å². The molecule has 0 aliphatic carbocycles. The summed E-state index contributed by atoms with van der Waals surface area (Å²) in [5.41, 5.74) is 4.26. The van der Waals surface area contributed by atoms with Gasteiger partial charge in [-0.25, -0.2) is 4.79 Å². The minimum Gasteiger partial charge on any atom is -0.445 e. The van der Waals surface area contributed by atoms with Crippen LogP contribution in [0.1, 0.15) is 53.4 Å². The Morgan fingerprint density at radius 1 is 1.08 bits per heavy atom. The maximum atomic E-state index is 12.6. The molecule has 0 spiro atoms. The zero-order valence-corrected chi connectivity index (χ0v) is 14.1. The van der Waals surface area contributed by atoms with Gasteiger partial charge in [-0.2, -0.15) is 0 Å². The molecule has 4 rings (SSSR count). The van der Waals surface area contributed by atoms with Crippen molar-refractivity contribution in [2.45, 2.75) is 38.7 Å². The van der Waals surface area contributed by atoms with Gasteiger partial charge in [-0.15, -0.1) is 0 Å². The van der Waals surface area contributed by atoms with Gasteiger partial charge in [-0.3, -0.25) is 0 Å². The Balaban J connectivity index is 2.02. The average Bonchev–Trinajstić information content (AvgIpc) is 3.08. The van der Waals surface area contributed by atoms with Crippen molar-refractivity contribution in [2.75, 3.05) is 0 Å². The van der Waals surface area contributed by atoms with E-state index in [4.69, 9.17) is 4.74 Å². The molecule has 2 heterocycles. The lowest BCUT2D eigenvalue weighted by molar-refractivity contribution is 0.00675. The fraction of sp³-hybridized carbons (Fsp3) is 0.286. The maximum Gasteiger partial charge on any atom is 0.339 e. The highest BCUT2D eigenvalue weighted by Crippen LogP contribution is 2.48. The van der Waals surface area contributed by atoms with Crippen LogP contribution < -0.4 is 0 Å². The number of para-hydroxylation sites is 1. The quantitative estimate of drug-likeness (QED) is 0.681. The van der Waals surface area contributed by atoms with Crippen molar-refractivity contribution in [3.8, 4) is 0 Å². The number of aromatic nitrogens is 1. The summed E-state index contributed by atoms with van der Waals surface area (Å²) < 4.78 is 6.10. The molecule has 1 aromatic heterocycles. The lowest BCUT2D eigenvalue weighted by Gasteiger charge is -2.30. The predicted octanol–water partition coefficient (Wildman–Crippen LogP) is 5.08. The third-order valence-electron chi connectivity index (χ3n) is 5.03. The van der Waals surface area contributed by atoms with Crippen molar-refractivity contribution >= 4 is 16.9 Å². The Bertz CT molecular complexity index is 924. The molecule has 24 heavy (non-hydrogen) atoms. The summed E-state index contributed by atoms with van der Waals surface area (Å²) in [4.78, 5) is 16.0. The molecule has 1 unspecified atom stereocenters. The van der Waals surface area contributed by atoms with E-state index < -0.39 is 5.60 Å². The first-order chi connectivity index (χ1) is 11.7. The molecule has 1 N–H and O–H groups in total. The van der Waals surface area contributed by atoms with E-state index in [2.05, 4.69) is 31.0 Å². The van der Waals surface area contributed by atoms with E-state index in [1.165, 1.54) is 0 Å². The SMILES string of the molecule is CCCCC1(c2c(C)[nH]c3ccccc23)OC(=O)c2ccccc21. The highest BCUT2D eigenvalue weighted by Gasteiger charge is 2.48. The van der Waals surface area contributed by atoms with Crippen molar-refractivity contribution in [1.29, 1.82) is 0 Å². The second-order valence-corrected chi connectivity index (χ2v) is 6.54. The third kappa shape index (κ3) is 2.01. The molecule has 1 atom stereocenters. The fourth-order valence-electron chi connectivity index (χ4n) is 4.00. The van der Waals surface area contributed by atoms with Gasteiger partial charge in [-0.1, -0.05) is 49.7 Å². The molecular weight excluding hydrogens is 298 g/mol. The van der Waals surface area contributed by atoms with Crippen molar-refractivity contribution < 1.29 is 9.53 Å². The lowest BCUT2D eigenvalue weighted by atomic mass is 9.80. The first-order valence-electron chi connectivity index (χ1n) is 8.58. The minimum atomic E-state index is -0.687. The Hall–Kier alpha value is -2.55. The molecule has 0 saturated carbocycles. The highest BCUT2D eigenvalue weighted by molar-refractivity contribution is 5.97. The molecule has 3 nitrogen and oxygen atoms in total. The van der Waals surface area contributed by atoms with Gasteiger partial charge >= 0.3 is 5.97 Å². The summed E-state index contributed by atoms with van der Waals surface area (Å²) in [5, 5.41) is 1.13. The molecule has 122 valence electrons. The topological polar surface area (TPSA) is 42.1 Å². The zero-order chi connectivity index (χ0) is 16.7. The monoisotopic (exact) mass is 319 g/mol. The number of carbonyl (C=O) groups is 1. The number of rotatable bonds is 4. The van der Waals surface area contributed by atoms with Gasteiger partial charge in [0.05, 0.1) is 5.56 Å². The van der Waals surface area contributed by atoms with Crippen LogP contribution >= 0.6 is 0 Å². The standard InChI is InChI=1S/C21H21NO2/c1-3-4-13-21(17-11-7-5-9-15(17)20(23)24-21)19-14(2)22-18-12-8-6-10-16(18)19/h5-12,22H,3-4,13H2,1-2H3. The van der Waals surface area contributed by atoms with Gasteiger partial charge in [0.15, 0.2) is 5.60 Å². The van der Waals surface area contributed by atoms with E-state index >= 15 is 0 Å². The second kappa shape index (κ2) is 5.52. The van der Waals surface area contributed by atoms with Crippen LogP contribution in [0, 0.1) is 6.92 Å². The smallest absolute Gasteiger partial charge is 0.339 e. The molecule has 3 aromatic rings. The Morgan fingerprint density at radius 2 is 1.83 bits per heavy atom. The number of unbranched alkanes of at least 4 members (excludes halogenated alkanes) is 1. The lowest BCUT2D eigenvalue weighted by Crippen LogP contribution is -2.28. The molecule has 1 aliphatic heterocycles. The molecule has 3 heteroatoms. The maximum absolute atomic E-state index is 12.6. The normalized spacial score (nSPS) is 19.5. The molecule has 2 aromatic carbocycles. The largest absolute Gasteiger partial charge is 0.445 e. The van der Waals surface area contributed by atoms with Gasteiger partial charge in [0.25, 0.3) is 0 Å². The number of aromatic amines is 1. The number of ether oxygens (including phenoxy) is 1. The summed E-state index contributed by atoms with van der Waals surface area (Å²) in [6, 6.07) is 16.0. The van der Waals surface area contributed by atoms with E-state index in [1.54, 1.807) is 0 Å². The highest BCUT2D eigenvalue weighted by atomic mass is 16.6. The Labute approximate surface area is 141 Å². The average molecular weight is 319 g/mol. The second-order valence-electron chi connectivity index (χ2n) is 6.54. The van der Waals surface area contributed by atoms with Crippen LogP contribution in [0.25, 0.3) is 10.9 Å². The van der Waals surface area contributed by atoms with E-state index in [9.17, 15) is 4.79 Å². The van der Waals surface area contributed by atoms with Gasteiger partial charge < -0.3 is 9.72 Å². The number of nitrogens with one attached hydrogen (secondary N) is 1. The number of aryl methyl sites for hydroxylation is 1. The summed E-state index contributed by atoms with van der Waals surface area (Å²) >= 11 is 0. The van der Waals surface area contributed by atoms with Crippen molar-refractivity contribution in [1.82, 2.24) is 4.98 Å². The third-order valence-corrected chi connectivity index (χ3v) is 5.03. The first kappa shape index (κ1) is 15.0. The van der Waals surface area contributed by atoms with Crippen molar-refractivity contribution in [3.63, 3.8) is 0 Å². The van der Waals surface area contributed by atoms with Gasteiger partial charge in [-0.05, 0) is 31.9 Å². The number of carbonyl (C=O) groups excluding carboxylic acids is 1. The van der Waals surface area contributed by atoms with E-state index in [0.29, 0.717) is 5.56 Å². The molecule has 0 radical (unpaired) electrons. The summed E-state index contributed by atoms with van der Waals surface area (Å²) in [6.45, 7) is 4.23. The van der Waals surface area contributed by atoms with Gasteiger partial charge in [0.2, 0.25) is 0 Å². The van der Waals surface area contributed by atoms with Crippen LogP contribution in [-0.4, -0.2) is 11.0 Å². The number of H-pyrrole nitrogens is 1. The van der Waals surface area contributed by atoms with Crippen molar-refractivity contribution in [2.24, 2.45) is 0 Å². The van der Waals surface area contributed by atoms with Crippen LogP contribution in [-0.2, 0) is 10.3 Å². The molecular formula is C21H21NO2.